The van der Waals surface area contributed by atoms with Crippen LogP contribution in [0.3, 0.4) is 0 Å². The topological polar surface area (TPSA) is 27.7 Å². The summed E-state index contributed by atoms with van der Waals surface area (Å²) in [6.45, 7) is 9.34. The first-order valence-electron chi connectivity index (χ1n) is 3.83. The number of rotatable bonds is 4. The third kappa shape index (κ3) is 3.34. The lowest BCUT2D eigenvalue weighted by molar-refractivity contribution is -0.359. The predicted octanol–water partition coefficient (Wildman–Crippen LogP) is 1.93. The Hall–Kier alpha value is -0.380. The Labute approximate surface area is 74.3 Å². The van der Waals surface area contributed by atoms with Crippen LogP contribution in [0, 0.1) is 0 Å². The molecule has 0 spiro atoms. The summed E-state index contributed by atoms with van der Waals surface area (Å²) >= 11 is 0. The Morgan fingerprint density at radius 2 is 1.50 bits per heavy atom. The second-order valence-corrected chi connectivity index (χ2v) is 3.43. The van der Waals surface area contributed by atoms with Gasteiger partial charge in [-0.2, -0.15) is 0 Å². The Balaban J connectivity index is 4.41. The first-order chi connectivity index (χ1) is 5.39. The molecular weight excluding hydrogens is 156 g/mol. The molecule has 0 saturated heterocycles. The summed E-state index contributed by atoms with van der Waals surface area (Å²) in [6.07, 6.45) is 1.48. The highest BCUT2D eigenvalue weighted by Crippen LogP contribution is 2.22. The lowest BCUT2D eigenvalue weighted by atomic mass is 10.2. The second kappa shape index (κ2) is 4.03. The average Bonchev–Trinajstić information content (AvgIpc) is 1.99. The fourth-order valence-electron chi connectivity index (χ4n) is 0.802. The summed E-state index contributed by atoms with van der Waals surface area (Å²) in [7, 11) is 3.02. The standard InChI is InChI=1S/C9H18O3/c1-7-9(10-5,11-6)12-8(2,3)4/h7H,1H2,2-6H3. The van der Waals surface area contributed by atoms with E-state index in [0.717, 1.165) is 0 Å². The zero-order valence-electron chi connectivity index (χ0n) is 8.51. The molecule has 0 aromatic rings. The Kier molecular flexibility index (Phi) is 3.90. The van der Waals surface area contributed by atoms with Crippen molar-refractivity contribution in [2.45, 2.75) is 32.3 Å². The predicted molar refractivity (Wildman–Crippen MR) is 47.8 cm³/mol. The molecule has 0 aromatic carbocycles. The van der Waals surface area contributed by atoms with Crippen molar-refractivity contribution in [1.82, 2.24) is 0 Å². The van der Waals surface area contributed by atoms with Crippen LogP contribution in [0.5, 0.6) is 0 Å². The summed E-state index contributed by atoms with van der Waals surface area (Å²) in [5, 5.41) is 0. The second-order valence-electron chi connectivity index (χ2n) is 3.43. The van der Waals surface area contributed by atoms with Gasteiger partial charge in [0.1, 0.15) is 0 Å². The molecule has 0 aromatic heterocycles. The van der Waals surface area contributed by atoms with E-state index in [2.05, 4.69) is 6.58 Å². The molecule has 0 saturated carbocycles. The van der Waals surface area contributed by atoms with Gasteiger partial charge in [0.15, 0.2) is 0 Å². The van der Waals surface area contributed by atoms with Gasteiger partial charge in [-0.1, -0.05) is 6.58 Å². The summed E-state index contributed by atoms with van der Waals surface area (Å²) in [5.41, 5.74) is -0.333. The highest BCUT2D eigenvalue weighted by Gasteiger charge is 2.32. The molecule has 72 valence electrons. The highest BCUT2D eigenvalue weighted by atomic mass is 16.9. The number of hydrogen-bond acceptors (Lipinski definition) is 3. The molecule has 0 unspecified atom stereocenters. The van der Waals surface area contributed by atoms with E-state index in [-0.39, 0.29) is 5.60 Å². The molecule has 0 atom stereocenters. The molecule has 0 aliphatic rings. The van der Waals surface area contributed by atoms with Crippen molar-refractivity contribution in [3.63, 3.8) is 0 Å². The Morgan fingerprint density at radius 3 is 1.58 bits per heavy atom. The minimum atomic E-state index is -1.13. The maximum absolute atomic E-state index is 5.51. The van der Waals surface area contributed by atoms with Crippen molar-refractivity contribution in [2.75, 3.05) is 14.2 Å². The van der Waals surface area contributed by atoms with Gasteiger partial charge in [-0.25, -0.2) is 0 Å². The molecule has 3 nitrogen and oxygen atoms in total. The van der Waals surface area contributed by atoms with Crippen LogP contribution in [0.15, 0.2) is 12.7 Å². The fraction of sp³-hybridized carbons (Fsp3) is 0.778. The van der Waals surface area contributed by atoms with Gasteiger partial charge in [-0.3, -0.25) is 0 Å². The van der Waals surface area contributed by atoms with Gasteiger partial charge < -0.3 is 14.2 Å². The quantitative estimate of drug-likeness (QED) is 0.481. The fourth-order valence-corrected chi connectivity index (χ4v) is 0.802. The first-order valence-corrected chi connectivity index (χ1v) is 3.83. The van der Waals surface area contributed by atoms with E-state index in [4.69, 9.17) is 14.2 Å². The summed E-state index contributed by atoms with van der Waals surface area (Å²) < 4.78 is 15.6. The van der Waals surface area contributed by atoms with E-state index in [1.54, 1.807) is 0 Å². The third-order valence-electron chi connectivity index (χ3n) is 1.27. The monoisotopic (exact) mass is 174 g/mol. The summed E-state index contributed by atoms with van der Waals surface area (Å²) in [6, 6.07) is 0. The van der Waals surface area contributed by atoms with Crippen LogP contribution in [0.2, 0.25) is 0 Å². The van der Waals surface area contributed by atoms with Crippen LogP contribution >= 0.6 is 0 Å². The third-order valence-corrected chi connectivity index (χ3v) is 1.27. The van der Waals surface area contributed by atoms with E-state index in [1.807, 2.05) is 20.8 Å². The summed E-state index contributed by atoms with van der Waals surface area (Å²) in [4.78, 5) is 0. The molecule has 12 heavy (non-hydrogen) atoms. The largest absolute Gasteiger partial charge is 0.327 e. The Bertz CT molecular complexity index is 142. The van der Waals surface area contributed by atoms with E-state index < -0.39 is 5.97 Å². The van der Waals surface area contributed by atoms with E-state index in [9.17, 15) is 0 Å². The van der Waals surface area contributed by atoms with Gasteiger partial charge in [0, 0.05) is 14.2 Å². The molecular formula is C9H18O3. The lowest BCUT2D eigenvalue weighted by Crippen LogP contribution is -2.41. The van der Waals surface area contributed by atoms with Crippen molar-refractivity contribution in [1.29, 1.82) is 0 Å². The Morgan fingerprint density at radius 1 is 1.08 bits per heavy atom. The molecule has 0 rings (SSSR count). The van der Waals surface area contributed by atoms with Crippen LogP contribution in [0.1, 0.15) is 20.8 Å². The molecule has 0 N–H and O–H groups in total. The van der Waals surface area contributed by atoms with Crippen molar-refractivity contribution in [2.24, 2.45) is 0 Å². The lowest BCUT2D eigenvalue weighted by Gasteiger charge is -2.33. The highest BCUT2D eigenvalue weighted by molar-refractivity contribution is 4.83. The van der Waals surface area contributed by atoms with Gasteiger partial charge in [-0.05, 0) is 26.8 Å². The van der Waals surface area contributed by atoms with E-state index >= 15 is 0 Å². The first kappa shape index (κ1) is 11.6. The van der Waals surface area contributed by atoms with Gasteiger partial charge in [0.25, 0.3) is 0 Å². The number of hydrogen-bond donors (Lipinski definition) is 0. The molecule has 3 heteroatoms. The van der Waals surface area contributed by atoms with Gasteiger partial charge >= 0.3 is 5.97 Å². The van der Waals surface area contributed by atoms with Crippen LogP contribution in [-0.2, 0) is 14.2 Å². The molecule has 0 aliphatic heterocycles. The zero-order valence-corrected chi connectivity index (χ0v) is 8.51. The zero-order chi connectivity index (χ0) is 9.83. The molecule has 0 radical (unpaired) electrons. The van der Waals surface area contributed by atoms with Crippen LogP contribution in [-0.4, -0.2) is 25.8 Å². The number of ether oxygens (including phenoxy) is 3. The van der Waals surface area contributed by atoms with Crippen molar-refractivity contribution >= 4 is 0 Å². The van der Waals surface area contributed by atoms with E-state index in [1.165, 1.54) is 20.3 Å². The minimum absolute atomic E-state index is 0.333. The van der Waals surface area contributed by atoms with Crippen molar-refractivity contribution < 1.29 is 14.2 Å². The van der Waals surface area contributed by atoms with Crippen LogP contribution < -0.4 is 0 Å². The van der Waals surface area contributed by atoms with Crippen molar-refractivity contribution in [3.8, 4) is 0 Å². The maximum atomic E-state index is 5.51. The van der Waals surface area contributed by atoms with Gasteiger partial charge in [-0.15, -0.1) is 0 Å². The minimum Gasteiger partial charge on any atom is -0.327 e. The smallest absolute Gasteiger partial charge is 0.304 e. The maximum Gasteiger partial charge on any atom is 0.304 e. The molecule has 0 aliphatic carbocycles. The van der Waals surface area contributed by atoms with Crippen molar-refractivity contribution in [3.05, 3.63) is 12.7 Å². The van der Waals surface area contributed by atoms with E-state index in [0.29, 0.717) is 0 Å². The molecule has 0 fully saturated rings. The summed E-state index contributed by atoms with van der Waals surface area (Å²) in [5.74, 6) is -1.13. The van der Waals surface area contributed by atoms with Gasteiger partial charge in [0.05, 0.1) is 5.60 Å². The average molecular weight is 174 g/mol. The van der Waals surface area contributed by atoms with Crippen LogP contribution in [0.4, 0.5) is 0 Å². The SMILES string of the molecule is C=CC(OC)(OC)OC(C)(C)C. The molecule has 0 amide bonds. The molecule has 0 bridgehead atoms. The van der Waals surface area contributed by atoms with Gasteiger partial charge in [0.2, 0.25) is 0 Å². The normalized spacial score (nSPS) is 13.1. The molecule has 0 heterocycles. The van der Waals surface area contributed by atoms with Crippen LogP contribution in [0.25, 0.3) is 0 Å². The number of methoxy groups -OCH3 is 2.